The number of nitrogens with zero attached hydrogens (tertiary/aromatic N) is 1. The molecule has 1 aliphatic carbocycles. The highest BCUT2D eigenvalue weighted by Gasteiger charge is 2.23. The van der Waals surface area contributed by atoms with E-state index in [1.54, 1.807) is 6.08 Å². The van der Waals surface area contributed by atoms with Crippen LogP contribution in [0.4, 0.5) is 0 Å². The van der Waals surface area contributed by atoms with Gasteiger partial charge in [0.2, 0.25) is 0 Å². The van der Waals surface area contributed by atoms with Gasteiger partial charge in [-0.05, 0) is 6.08 Å². The fourth-order valence-corrected chi connectivity index (χ4v) is 1.02. The van der Waals surface area contributed by atoms with Crippen LogP contribution in [0, 0.1) is 5.38 Å². The van der Waals surface area contributed by atoms with Gasteiger partial charge in [0.1, 0.15) is 16.8 Å². The second-order valence-corrected chi connectivity index (χ2v) is 2.33. The van der Waals surface area contributed by atoms with Gasteiger partial charge in [-0.15, -0.1) is 11.6 Å². The normalized spacial score (nSPS) is 22.5. The molecule has 0 unspecified atom stereocenters. The van der Waals surface area contributed by atoms with Crippen molar-refractivity contribution in [3.63, 3.8) is 0 Å². The lowest BCUT2D eigenvalue weighted by Gasteiger charge is -2.04. The second kappa shape index (κ2) is 2.02. The Hall–Kier alpha value is -0.960. The van der Waals surface area contributed by atoms with Crippen LogP contribution in [0.1, 0.15) is 0 Å². The minimum absolute atomic E-state index is 0.600. The minimum Gasteiger partial charge on any atom is -0.270 e. The van der Waals surface area contributed by atoms with Crippen LogP contribution >= 0.6 is 11.6 Å². The Labute approximate surface area is 62.9 Å². The molecular formula is C6H4ClN2O. The van der Waals surface area contributed by atoms with Crippen molar-refractivity contribution in [1.29, 1.82) is 0 Å². The molecule has 0 aromatic rings. The molecule has 0 saturated heterocycles. The van der Waals surface area contributed by atoms with Gasteiger partial charge in [-0.2, -0.15) is 5.48 Å². The van der Waals surface area contributed by atoms with Crippen molar-refractivity contribution in [3.05, 3.63) is 29.3 Å². The van der Waals surface area contributed by atoms with E-state index in [0.717, 1.165) is 5.70 Å². The minimum atomic E-state index is 0.600. The van der Waals surface area contributed by atoms with E-state index in [1.165, 1.54) is 0 Å². The first-order valence-electron chi connectivity index (χ1n) is 2.79. The number of nitrogens with one attached hydrogen (secondary N) is 1. The third-order valence-electron chi connectivity index (χ3n) is 1.28. The number of halogens is 1. The van der Waals surface area contributed by atoms with Gasteiger partial charge in [0.25, 0.3) is 0 Å². The lowest BCUT2D eigenvalue weighted by atomic mass is 10.1. The highest BCUT2D eigenvalue weighted by atomic mass is 35.5. The monoisotopic (exact) mass is 155 g/mol. The first kappa shape index (κ1) is 5.80. The third-order valence-corrected chi connectivity index (χ3v) is 1.58. The van der Waals surface area contributed by atoms with Gasteiger partial charge < -0.3 is 0 Å². The zero-order valence-electron chi connectivity index (χ0n) is 4.97. The molecule has 0 amide bonds. The predicted molar refractivity (Wildman–Crippen MR) is 38.0 cm³/mol. The molecule has 3 nitrogen and oxygen atoms in total. The molecule has 1 N–H and O–H groups in total. The molecule has 0 bridgehead atoms. The molecule has 1 radical (unpaired) electrons. The van der Waals surface area contributed by atoms with Crippen molar-refractivity contribution in [2.45, 2.75) is 0 Å². The van der Waals surface area contributed by atoms with Crippen molar-refractivity contribution in [1.82, 2.24) is 5.48 Å². The molecule has 0 aromatic heterocycles. The van der Waals surface area contributed by atoms with Crippen LogP contribution in [0.15, 0.2) is 29.1 Å². The molecule has 10 heavy (non-hydrogen) atoms. The maximum Gasteiger partial charge on any atom is 0.139 e. The van der Waals surface area contributed by atoms with E-state index in [0.29, 0.717) is 11.1 Å². The summed E-state index contributed by atoms with van der Waals surface area (Å²) in [6, 6.07) is 0. The van der Waals surface area contributed by atoms with Crippen molar-refractivity contribution in [3.8, 4) is 0 Å². The summed E-state index contributed by atoms with van der Waals surface area (Å²) in [5.41, 5.74) is 4.07. The van der Waals surface area contributed by atoms with Crippen molar-refractivity contribution >= 4 is 17.3 Å². The number of hydroxylamine groups is 1. The average Bonchev–Trinajstić information content (AvgIpc) is 2.36. The quantitative estimate of drug-likeness (QED) is 0.569. The molecule has 0 atom stereocenters. The average molecular weight is 156 g/mol. The third kappa shape index (κ3) is 0.708. The second-order valence-electron chi connectivity index (χ2n) is 1.92. The molecule has 0 saturated carbocycles. The Morgan fingerprint density at radius 3 is 3.30 bits per heavy atom. The van der Waals surface area contributed by atoms with Gasteiger partial charge in [-0.1, -0.05) is 17.3 Å². The molecular weight excluding hydrogens is 152 g/mol. The topological polar surface area (TPSA) is 33.6 Å². The number of oxime groups is 1. The van der Waals surface area contributed by atoms with Crippen molar-refractivity contribution < 1.29 is 4.94 Å². The highest BCUT2D eigenvalue weighted by Crippen LogP contribution is 2.22. The molecule has 2 aliphatic rings. The summed E-state index contributed by atoms with van der Waals surface area (Å²) in [6.45, 7) is 0. The molecule has 0 aromatic carbocycles. The number of rotatable bonds is 0. The molecule has 51 valence electrons. The summed E-state index contributed by atoms with van der Waals surface area (Å²) in [5.74, 6) is 0. The van der Waals surface area contributed by atoms with E-state index in [-0.39, 0.29) is 0 Å². The van der Waals surface area contributed by atoms with Crippen LogP contribution in [0.25, 0.3) is 0 Å². The maximum atomic E-state index is 5.76. The largest absolute Gasteiger partial charge is 0.270 e. The molecule has 4 heteroatoms. The van der Waals surface area contributed by atoms with Crippen LogP contribution in [-0.4, -0.2) is 5.71 Å². The summed E-state index contributed by atoms with van der Waals surface area (Å²) in [4.78, 5) is 4.59. The Bertz CT molecular complexity index is 244. The zero-order valence-corrected chi connectivity index (χ0v) is 5.72. The summed E-state index contributed by atoms with van der Waals surface area (Å²) >= 11 is 5.76. The number of fused-ring (bicyclic) bond motifs is 1. The van der Waals surface area contributed by atoms with E-state index in [9.17, 15) is 0 Å². The van der Waals surface area contributed by atoms with Crippen LogP contribution < -0.4 is 5.48 Å². The molecule has 0 fully saturated rings. The van der Waals surface area contributed by atoms with Gasteiger partial charge in [0.15, 0.2) is 0 Å². The maximum absolute atomic E-state index is 5.76. The Balaban J connectivity index is 2.39. The predicted octanol–water partition coefficient (Wildman–Crippen LogP) is 1.10. The van der Waals surface area contributed by atoms with E-state index in [2.05, 4.69) is 15.6 Å². The van der Waals surface area contributed by atoms with Gasteiger partial charge in [-0.3, -0.25) is 4.94 Å². The van der Waals surface area contributed by atoms with E-state index in [4.69, 9.17) is 11.6 Å². The highest BCUT2D eigenvalue weighted by molar-refractivity contribution is 6.45. The van der Waals surface area contributed by atoms with Crippen LogP contribution in [0.5, 0.6) is 0 Å². The standard InChI is InChI=1S/C6H4ClN2O/c7-4-2-1-3-5-6(4)9-10-8-5/h1-3,8H. The SMILES string of the molecule is Cl[C]1C=CC=C2NON=C12. The summed E-state index contributed by atoms with van der Waals surface area (Å²) in [7, 11) is 0. The van der Waals surface area contributed by atoms with Crippen LogP contribution in [0.2, 0.25) is 0 Å². The lowest BCUT2D eigenvalue weighted by molar-refractivity contribution is 0.0906. The Morgan fingerprint density at radius 2 is 2.50 bits per heavy atom. The van der Waals surface area contributed by atoms with Gasteiger partial charge >= 0.3 is 0 Å². The first-order chi connectivity index (χ1) is 4.88. The molecule has 0 spiro atoms. The summed E-state index contributed by atoms with van der Waals surface area (Å²) < 4.78 is 0. The van der Waals surface area contributed by atoms with E-state index < -0.39 is 0 Å². The van der Waals surface area contributed by atoms with Gasteiger partial charge in [-0.25, -0.2) is 0 Å². The summed E-state index contributed by atoms with van der Waals surface area (Å²) in [6.07, 6.45) is 5.44. The van der Waals surface area contributed by atoms with Crippen molar-refractivity contribution in [2.75, 3.05) is 0 Å². The van der Waals surface area contributed by atoms with E-state index in [1.807, 2.05) is 12.2 Å². The smallest absolute Gasteiger partial charge is 0.139 e. The van der Waals surface area contributed by atoms with Crippen LogP contribution in [0.3, 0.4) is 0 Å². The first-order valence-corrected chi connectivity index (χ1v) is 3.17. The summed E-state index contributed by atoms with van der Waals surface area (Å²) in [5, 5.41) is 4.26. The Kier molecular flexibility index (Phi) is 1.17. The van der Waals surface area contributed by atoms with Crippen LogP contribution in [-0.2, 0) is 4.94 Å². The molecule has 2 rings (SSSR count). The van der Waals surface area contributed by atoms with Gasteiger partial charge in [0, 0.05) is 0 Å². The zero-order chi connectivity index (χ0) is 6.97. The van der Waals surface area contributed by atoms with Crippen molar-refractivity contribution in [2.24, 2.45) is 5.16 Å². The van der Waals surface area contributed by atoms with Gasteiger partial charge in [0.05, 0.1) is 0 Å². The fourth-order valence-electron chi connectivity index (χ4n) is 0.808. The lowest BCUT2D eigenvalue weighted by Crippen LogP contribution is -2.14. The number of allylic oxidation sites excluding steroid dienone is 4. The fraction of sp³-hybridized carbons (Fsp3) is 0. The molecule has 1 aliphatic heterocycles. The number of hydrogen-bond acceptors (Lipinski definition) is 3. The number of hydrogen-bond donors (Lipinski definition) is 1. The Morgan fingerprint density at radius 1 is 1.60 bits per heavy atom. The molecule has 1 heterocycles. The van der Waals surface area contributed by atoms with E-state index >= 15 is 0 Å².